The van der Waals surface area contributed by atoms with Crippen LogP contribution in [0.3, 0.4) is 0 Å². The second-order valence-corrected chi connectivity index (χ2v) is 3.99. The zero-order chi connectivity index (χ0) is 14.4. The van der Waals surface area contributed by atoms with Crippen LogP contribution in [0.15, 0.2) is 29.4 Å². The number of hydrogen-bond donors (Lipinski definition) is 4. The van der Waals surface area contributed by atoms with Gasteiger partial charge in [0, 0.05) is 24.4 Å². The lowest BCUT2D eigenvalue weighted by Crippen LogP contribution is -2.47. The molecule has 9 heteroatoms. The van der Waals surface area contributed by atoms with Gasteiger partial charge in [-0.1, -0.05) is 5.16 Å². The number of hydrogen-bond acceptors (Lipinski definition) is 5. The van der Waals surface area contributed by atoms with E-state index in [0.717, 1.165) is 0 Å². The Morgan fingerprint density at radius 3 is 2.95 bits per heavy atom. The summed E-state index contributed by atoms with van der Waals surface area (Å²) in [7, 11) is 0. The number of carboxylic acids is 1. The van der Waals surface area contributed by atoms with Crippen LogP contribution in [0.25, 0.3) is 0 Å². The molecule has 4 N–H and O–H groups in total. The van der Waals surface area contributed by atoms with E-state index in [-0.39, 0.29) is 13.0 Å². The number of amides is 2. The van der Waals surface area contributed by atoms with Gasteiger partial charge in [-0.3, -0.25) is 0 Å². The van der Waals surface area contributed by atoms with Crippen molar-refractivity contribution in [1.82, 2.24) is 25.8 Å². The molecule has 0 saturated heterocycles. The molecule has 1 atom stereocenters. The molecule has 2 amide bonds. The SMILES string of the molecule is O=C(NCc1ccon1)N[C@H](Cc1cnc[nH]1)C(=O)O. The number of rotatable bonds is 6. The summed E-state index contributed by atoms with van der Waals surface area (Å²) in [5.41, 5.74) is 1.16. The topological polar surface area (TPSA) is 133 Å². The highest BCUT2D eigenvalue weighted by Gasteiger charge is 2.20. The van der Waals surface area contributed by atoms with E-state index in [9.17, 15) is 9.59 Å². The number of aromatic amines is 1. The monoisotopic (exact) mass is 279 g/mol. The van der Waals surface area contributed by atoms with E-state index in [1.165, 1.54) is 18.8 Å². The first-order valence-electron chi connectivity index (χ1n) is 5.79. The predicted molar refractivity (Wildman–Crippen MR) is 65.6 cm³/mol. The lowest BCUT2D eigenvalue weighted by atomic mass is 10.2. The van der Waals surface area contributed by atoms with Gasteiger partial charge in [0.2, 0.25) is 0 Å². The standard InChI is InChI=1S/C11H13N5O4/c17-10(18)9(3-8-4-12-6-14-8)15-11(19)13-5-7-1-2-20-16-7/h1-2,4,6,9H,3,5H2,(H,12,14)(H,17,18)(H2,13,15,19)/t9-/m1/s1. The second-order valence-electron chi connectivity index (χ2n) is 3.99. The molecule has 2 aromatic rings. The quantitative estimate of drug-likeness (QED) is 0.583. The molecule has 0 aliphatic heterocycles. The summed E-state index contributed by atoms with van der Waals surface area (Å²) in [5, 5.41) is 17.5. The maximum Gasteiger partial charge on any atom is 0.326 e. The number of imidazole rings is 1. The van der Waals surface area contributed by atoms with Gasteiger partial charge in [-0.2, -0.15) is 0 Å². The number of nitrogens with zero attached hydrogens (tertiary/aromatic N) is 2. The first kappa shape index (κ1) is 13.6. The highest BCUT2D eigenvalue weighted by molar-refractivity contribution is 5.82. The van der Waals surface area contributed by atoms with Crippen LogP contribution in [0.4, 0.5) is 4.79 Å². The Balaban J connectivity index is 1.84. The van der Waals surface area contributed by atoms with Crippen LogP contribution in [0.5, 0.6) is 0 Å². The van der Waals surface area contributed by atoms with Crippen LogP contribution in [0, 0.1) is 0 Å². The van der Waals surface area contributed by atoms with E-state index in [0.29, 0.717) is 11.4 Å². The van der Waals surface area contributed by atoms with Gasteiger partial charge in [0.25, 0.3) is 0 Å². The normalized spacial score (nSPS) is 11.8. The van der Waals surface area contributed by atoms with Crippen molar-refractivity contribution < 1.29 is 19.2 Å². The smallest absolute Gasteiger partial charge is 0.326 e. The molecule has 0 aliphatic rings. The molecule has 0 bridgehead atoms. The van der Waals surface area contributed by atoms with Gasteiger partial charge in [0.05, 0.1) is 12.9 Å². The molecule has 0 saturated carbocycles. The fourth-order valence-electron chi connectivity index (χ4n) is 1.53. The van der Waals surface area contributed by atoms with Crippen LogP contribution in [-0.2, 0) is 17.8 Å². The lowest BCUT2D eigenvalue weighted by molar-refractivity contribution is -0.139. The van der Waals surface area contributed by atoms with Gasteiger partial charge in [0.1, 0.15) is 18.0 Å². The van der Waals surface area contributed by atoms with Crippen LogP contribution in [-0.4, -0.2) is 38.3 Å². The highest BCUT2D eigenvalue weighted by atomic mass is 16.5. The summed E-state index contributed by atoms with van der Waals surface area (Å²) in [6, 6.07) is -0.0489. The van der Waals surface area contributed by atoms with Crippen molar-refractivity contribution >= 4 is 12.0 Å². The van der Waals surface area contributed by atoms with Crippen molar-refractivity contribution in [3.8, 4) is 0 Å². The van der Waals surface area contributed by atoms with Crippen molar-refractivity contribution in [2.75, 3.05) is 0 Å². The summed E-state index contributed by atoms with van der Waals surface area (Å²) in [5.74, 6) is -1.13. The molecule has 106 valence electrons. The van der Waals surface area contributed by atoms with E-state index < -0.39 is 18.0 Å². The van der Waals surface area contributed by atoms with Crippen molar-refractivity contribution in [2.24, 2.45) is 0 Å². The Bertz CT molecular complexity index is 551. The summed E-state index contributed by atoms with van der Waals surface area (Å²) in [4.78, 5) is 29.3. The van der Waals surface area contributed by atoms with Crippen molar-refractivity contribution in [3.63, 3.8) is 0 Å². The maximum atomic E-state index is 11.6. The summed E-state index contributed by atoms with van der Waals surface area (Å²) >= 11 is 0. The summed E-state index contributed by atoms with van der Waals surface area (Å²) in [6.45, 7) is 0.152. The number of urea groups is 1. The zero-order valence-corrected chi connectivity index (χ0v) is 10.4. The number of carbonyl (C=O) groups excluding carboxylic acids is 1. The number of H-pyrrole nitrogens is 1. The van der Waals surface area contributed by atoms with Crippen LogP contribution in [0.2, 0.25) is 0 Å². The first-order chi connectivity index (χ1) is 9.65. The largest absolute Gasteiger partial charge is 0.480 e. The number of carbonyl (C=O) groups is 2. The molecule has 9 nitrogen and oxygen atoms in total. The van der Waals surface area contributed by atoms with Gasteiger partial charge in [-0.15, -0.1) is 0 Å². The van der Waals surface area contributed by atoms with Crippen LogP contribution < -0.4 is 10.6 Å². The molecule has 2 aromatic heterocycles. The molecular formula is C11H13N5O4. The Hall–Kier alpha value is -2.84. The fourth-order valence-corrected chi connectivity index (χ4v) is 1.53. The Morgan fingerprint density at radius 1 is 1.50 bits per heavy atom. The minimum atomic E-state index is -1.13. The molecule has 20 heavy (non-hydrogen) atoms. The van der Waals surface area contributed by atoms with Gasteiger partial charge in [0.15, 0.2) is 0 Å². The summed E-state index contributed by atoms with van der Waals surface area (Å²) in [6.07, 6.45) is 4.45. The van der Waals surface area contributed by atoms with Gasteiger partial charge < -0.3 is 25.2 Å². The second kappa shape index (κ2) is 6.36. The highest BCUT2D eigenvalue weighted by Crippen LogP contribution is 1.99. The molecule has 2 heterocycles. The van der Waals surface area contributed by atoms with Gasteiger partial charge in [-0.05, 0) is 0 Å². The Morgan fingerprint density at radius 2 is 2.35 bits per heavy atom. The lowest BCUT2D eigenvalue weighted by Gasteiger charge is -2.13. The van der Waals surface area contributed by atoms with E-state index in [1.807, 2.05) is 0 Å². The fraction of sp³-hybridized carbons (Fsp3) is 0.273. The molecule has 0 aliphatic carbocycles. The first-order valence-corrected chi connectivity index (χ1v) is 5.79. The third-order valence-electron chi connectivity index (χ3n) is 2.50. The van der Waals surface area contributed by atoms with Crippen LogP contribution in [0.1, 0.15) is 11.4 Å². The van der Waals surface area contributed by atoms with E-state index in [4.69, 9.17) is 5.11 Å². The Labute approximate surface area is 113 Å². The number of aliphatic carboxylic acids is 1. The van der Waals surface area contributed by atoms with Crippen molar-refractivity contribution in [3.05, 3.63) is 36.2 Å². The van der Waals surface area contributed by atoms with E-state index in [2.05, 4.69) is 30.3 Å². The maximum absolute atomic E-state index is 11.6. The minimum absolute atomic E-state index is 0.118. The van der Waals surface area contributed by atoms with Crippen molar-refractivity contribution in [1.29, 1.82) is 0 Å². The molecule has 0 radical (unpaired) electrons. The summed E-state index contributed by atoms with van der Waals surface area (Å²) < 4.78 is 4.61. The average molecular weight is 279 g/mol. The number of carboxylic acid groups (broad SMARTS) is 1. The van der Waals surface area contributed by atoms with E-state index in [1.54, 1.807) is 6.07 Å². The third kappa shape index (κ3) is 3.83. The Kier molecular flexibility index (Phi) is 4.32. The third-order valence-corrected chi connectivity index (χ3v) is 2.50. The zero-order valence-electron chi connectivity index (χ0n) is 10.4. The molecule has 0 unspecified atom stereocenters. The van der Waals surface area contributed by atoms with Gasteiger partial charge in [-0.25, -0.2) is 14.6 Å². The molecular weight excluding hydrogens is 266 g/mol. The van der Waals surface area contributed by atoms with Crippen LogP contribution >= 0.6 is 0 Å². The number of aromatic nitrogens is 3. The molecule has 2 rings (SSSR count). The predicted octanol–water partition coefficient (Wildman–Crippen LogP) is -0.107. The van der Waals surface area contributed by atoms with Crippen molar-refractivity contribution in [2.45, 2.75) is 19.0 Å². The number of nitrogens with one attached hydrogen (secondary N) is 3. The molecule has 0 aromatic carbocycles. The average Bonchev–Trinajstić information content (AvgIpc) is 3.08. The molecule has 0 spiro atoms. The minimum Gasteiger partial charge on any atom is -0.480 e. The van der Waals surface area contributed by atoms with E-state index >= 15 is 0 Å². The van der Waals surface area contributed by atoms with Gasteiger partial charge >= 0.3 is 12.0 Å². The molecule has 0 fully saturated rings.